The highest BCUT2D eigenvalue weighted by Gasteiger charge is 2.36. The molecule has 1 aromatic carbocycles. The van der Waals surface area contributed by atoms with Crippen molar-refractivity contribution in [3.63, 3.8) is 0 Å². The van der Waals surface area contributed by atoms with Gasteiger partial charge >= 0.3 is 0 Å². The van der Waals surface area contributed by atoms with E-state index in [1.54, 1.807) is 0 Å². The Morgan fingerprint density at radius 2 is 1.95 bits per heavy atom. The Hall–Kier alpha value is -1.02. The molecule has 1 heterocycles. The van der Waals surface area contributed by atoms with Crippen LogP contribution in [0.1, 0.15) is 45.1 Å². The second-order valence-electron chi connectivity index (χ2n) is 6.62. The van der Waals surface area contributed by atoms with Crippen molar-refractivity contribution in [3.8, 4) is 0 Å². The Kier molecular flexibility index (Phi) is 4.30. The fraction of sp³-hybridized carbons (Fsp3) is 0.667. The van der Waals surface area contributed by atoms with Crippen LogP contribution in [0.2, 0.25) is 0 Å². The first kappa shape index (κ1) is 13.9. The van der Waals surface area contributed by atoms with Gasteiger partial charge in [-0.05, 0) is 56.2 Å². The first-order valence-electron chi connectivity index (χ1n) is 8.37. The van der Waals surface area contributed by atoms with Crippen molar-refractivity contribution in [2.75, 3.05) is 18.0 Å². The molecule has 1 saturated heterocycles. The van der Waals surface area contributed by atoms with Gasteiger partial charge in [-0.2, -0.15) is 0 Å². The lowest BCUT2D eigenvalue weighted by Gasteiger charge is -2.40. The molecule has 0 radical (unpaired) electrons. The molecule has 0 spiro atoms. The molecule has 1 aromatic rings. The summed E-state index contributed by atoms with van der Waals surface area (Å²) in [5.41, 5.74) is 2.89. The van der Waals surface area contributed by atoms with Gasteiger partial charge in [0, 0.05) is 30.9 Å². The predicted octanol–water partition coefficient (Wildman–Crippen LogP) is 3.61. The van der Waals surface area contributed by atoms with E-state index >= 15 is 0 Å². The number of hydrogen-bond acceptors (Lipinski definition) is 2. The molecule has 2 aliphatic rings. The van der Waals surface area contributed by atoms with Crippen LogP contribution < -0.4 is 10.2 Å². The van der Waals surface area contributed by atoms with Crippen molar-refractivity contribution in [2.45, 2.75) is 58.0 Å². The van der Waals surface area contributed by atoms with E-state index in [4.69, 9.17) is 0 Å². The number of nitrogens with one attached hydrogen (secondary N) is 1. The number of hydrogen-bond donors (Lipinski definition) is 1. The summed E-state index contributed by atoms with van der Waals surface area (Å²) < 4.78 is 0. The largest absolute Gasteiger partial charge is 0.366 e. The number of unbranched alkanes of at least 4 members (excludes halogenated alkanes) is 1. The quantitative estimate of drug-likeness (QED) is 0.881. The molecule has 0 bridgehead atoms. The number of anilines is 1. The second kappa shape index (κ2) is 6.17. The monoisotopic (exact) mass is 272 g/mol. The van der Waals surface area contributed by atoms with Gasteiger partial charge in [-0.25, -0.2) is 0 Å². The third-order valence-electron chi connectivity index (χ3n) is 4.88. The number of piperazine rings is 1. The summed E-state index contributed by atoms with van der Waals surface area (Å²) in [7, 11) is 0. The molecule has 1 saturated carbocycles. The van der Waals surface area contributed by atoms with Crippen LogP contribution in [0, 0.1) is 5.92 Å². The van der Waals surface area contributed by atoms with Gasteiger partial charge in [0.05, 0.1) is 0 Å². The molecule has 1 aliphatic heterocycles. The highest BCUT2D eigenvalue weighted by Crippen LogP contribution is 2.35. The van der Waals surface area contributed by atoms with Gasteiger partial charge < -0.3 is 10.2 Å². The van der Waals surface area contributed by atoms with Crippen molar-refractivity contribution < 1.29 is 0 Å². The maximum Gasteiger partial charge on any atom is 0.0387 e. The molecule has 2 heteroatoms. The number of nitrogens with zero attached hydrogens (tertiary/aromatic N) is 1. The molecule has 3 rings (SSSR count). The Labute approximate surface area is 123 Å². The minimum atomic E-state index is 0.603. The zero-order valence-electron chi connectivity index (χ0n) is 12.9. The summed E-state index contributed by atoms with van der Waals surface area (Å²) in [5, 5.41) is 3.73. The molecule has 110 valence electrons. The summed E-state index contributed by atoms with van der Waals surface area (Å²) in [5.74, 6) is 0.939. The van der Waals surface area contributed by atoms with Crippen molar-refractivity contribution in [1.29, 1.82) is 0 Å². The zero-order valence-corrected chi connectivity index (χ0v) is 12.9. The number of benzene rings is 1. The molecular weight excluding hydrogens is 244 g/mol. The molecule has 2 fully saturated rings. The van der Waals surface area contributed by atoms with Crippen LogP contribution in [0.25, 0.3) is 0 Å². The lowest BCUT2D eigenvalue weighted by atomic mass is 10.0. The van der Waals surface area contributed by atoms with E-state index in [1.807, 2.05) is 0 Å². The van der Waals surface area contributed by atoms with Crippen LogP contribution in [0.5, 0.6) is 0 Å². The van der Waals surface area contributed by atoms with Gasteiger partial charge in [0.2, 0.25) is 0 Å². The Morgan fingerprint density at radius 1 is 1.20 bits per heavy atom. The fourth-order valence-corrected chi connectivity index (χ4v) is 3.30. The summed E-state index contributed by atoms with van der Waals surface area (Å²) in [6.07, 6.45) is 6.65. The van der Waals surface area contributed by atoms with Gasteiger partial charge in [-0.1, -0.05) is 25.5 Å². The smallest absolute Gasteiger partial charge is 0.0387 e. The molecular formula is C18H28N2. The lowest BCUT2D eigenvalue weighted by Crippen LogP contribution is -2.56. The SMILES string of the molecule is CCCCc1ccc(N2CC(C3CC3)NCC2C)cc1. The van der Waals surface area contributed by atoms with Gasteiger partial charge in [0.25, 0.3) is 0 Å². The maximum absolute atomic E-state index is 3.73. The van der Waals surface area contributed by atoms with Crippen molar-refractivity contribution in [3.05, 3.63) is 29.8 Å². The zero-order chi connectivity index (χ0) is 13.9. The molecule has 2 unspecified atom stereocenters. The summed E-state index contributed by atoms with van der Waals surface area (Å²) >= 11 is 0. The lowest BCUT2D eigenvalue weighted by molar-refractivity contribution is 0.376. The van der Waals surface area contributed by atoms with Crippen molar-refractivity contribution in [2.24, 2.45) is 5.92 Å². The Morgan fingerprint density at radius 3 is 2.60 bits per heavy atom. The van der Waals surface area contributed by atoms with E-state index in [-0.39, 0.29) is 0 Å². The van der Waals surface area contributed by atoms with Crippen LogP contribution in [0.4, 0.5) is 5.69 Å². The average Bonchev–Trinajstić information content (AvgIpc) is 3.31. The van der Waals surface area contributed by atoms with Gasteiger partial charge in [0.15, 0.2) is 0 Å². The van der Waals surface area contributed by atoms with Crippen LogP contribution in [0.15, 0.2) is 24.3 Å². The molecule has 0 amide bonds. The first-order valence-corrected chi connectivity index (χ1v) is 8.37. The summed E-state index contributed by atoms with van der Waals surface area (Å²) in [6.45, 7) is 6.90. The topological polar surface area (TPSA) is 15.3 Å². The highest BCUT2D eigenvalue weighted by molar-refractivity contribution is 5.49. The van der Waals surface area contributed by atoms with Crippen LogP contribution in [-0.4, -0.2) is 25.2 Å². The fourth-order valence-electron chi connectivity index (χ4n) is 3.30. The predicted molar refractivity (Wildman–Crippen MR) is 86.4 cm³/mol. The van der Waals surface area contributed by atoms with Crippen LogP contribution in [0.3, 0.4) is 0 Å². The van der Waals surface area contributed by atoms with Gasteiger partial charge in [-0.3, -0.25) is 0 Å². The van der Waals surface area contributed by atoms with E-state index in [0.717, 1.165) is 12.5 Å². The Bertz CT molecular complexity index is 422. The van der Waals surface area contributed by atoms with E-state index in [9.17, 15) is 0 Å². The Balaban J connectivity index is 1.66. The maximum atomic E-state index is 3.73. The summed E-state index contributed by atoms with van der Waals surface area (Å²) in [6, 6.07) is 10.6. The normalized spacial score (nSPS) is 26.8. The van der Waals surface area contributed by atoms with E-state index < -0.39 is 0 Å². The second-order valence-corrected chi connectivity index (χ2v) is 6.62. The van der Waals surface area contributed by atoms with Crippen LogP contribution >= 0.6 is 0 Å². The minimum absolute atomic E-state index is 0.603. The van der Waals surface area contributed by atoms with Crippen molar-refractivity contribution in [1.82, 2.24) is 5.32 Å². The third kappa shape index (κ3) is 3.17. The van der Waals surface area contributed by atoms with E-state index in [2.05, 4.69) is 48.3 Å². The minimum Gasteiger partial charge on any atom is -0.366 e. The number of rotatable bonds is 5. The van der Waals surface area contributed by atoms with E-state index in [1.165, 1.54) is 49.9 Å². The van der Waals surface area contributed by atoms with Crippen LogP contribution in [-0.2, 0) is 6.42 Å². The molecule has 20 heavy (non-hydrogen) atoms. The first-order chi connectivity index (χ1) is 9.78. The molecule has 0 aromatic heterocycles. The standard InChI is InChI=1S/C18H28N2/c1-3-4-5-15-6-10-17(11-7-15)20-13-18(16-8-9-16)19-12-14(20)2/h6-7,10-11,14,16,18-19H,3-5,8-9,12-13H2,1-2H3. The van der Waals surface area contributed by atoms with Gasteiger partial charge in [-0.15, -0.1) is 0 Å². The highest BCUT2D eigenvalue weighted by atomic mass is 15.2. The molecule has 1 aliphatic carbocycles. The average molecular weight is 272 g/mol. The summed E-state index contributed by atoms with van der Waals surface area (Å²) in [4.78, 5) is 2.60. The molecule has 2 nitrogen and oxygen atoms in total. The number of aryl methyl sites for hydroxylation is 1. The van der Waals surface area contributed by atoms with Crippen molar-refractivity contribution >= 4 is 5.69 Å². The van der Waals surface area contributed by atoms with E-state index in [0.29, 0.717) is 12.1 Å². The van der Waals surface area contributed by atoms with Gasteiger partial charge in [0.1, 0.15) is 0 Å². The molecule has 2 atom stereocenters. The molecule has 1 N–H and O–H groups in total. The third-order valence-corrected chi connectivity index (χ3v) is 4.88.